The Labute approximate surface area is 110 Å². The number of nitrogens with zero attached hydrogens (tertiary/aromatic N) is 2. The Bertz CT molecular complexity index is 447. The molecule has 2 fully saturated rings. The van der Waals surface area contributed by atoms with Crippen LogP contribution in [0.15, 0.2) is 0 Å². The standard InChI is InChI=1S/C15H25N3/c1-9(16)6-14-10(2)17-18(11(14)3)15-8-12-4-5-13(15)7-12/h9,12-13,15H,4-8,16H2,1-3H3. The van der Waals surface area contributed by atoms with E-state index in [4.69, 9.17) is 10.8 Å². The number of aryl methyl sites for hydroxylation is 1. The van der Waals surface area contributed by atoms with Crippen LogP contribution in [-0.2, 0) is 6.42 Å². The summed E-state index contributed by atoms with van der Waals surface area (Å²) in [5.74, 6) is 1.86. The van der Waals surface area contributed by atoms with E-state index in [0.29, 0.717) is 6.04 Å². The maximum atomic E-state index is 5.95. The predicted molar refractivity (Wildman–Crippen MR) is 73.5 cm³/mol. The van der Waals surface area contributed by atoms with E-state index in [1.807, 2.05) is 0 Å². The molecule has 1 aromatic heterocycles. The second-order valence-corrected chi connectivity index (χ2v) is 6.52. The number of hydrogen-bond donors (Lipinski definition) is 1. The lowest BCUT2D eigenvalue weighted by Gasteiger charge is -2.23. The molecule has 0 aromatic carbocycles. The van der Waals surface area contributed by atoms with Crippen LogP contribution in [0.25, 0.3) is 0 Å². The Morgan fingerprint density at radius 1 is 1.33 bits per heavy atom. The van der Waals surface area contributed by atoms with Gasteiger partial charge >= 0.3 is 0 Å². The van der Waals surface area contributed by atoms with Gasteiger partial charge in [-0.25, -0.2) is 0 Å². The second-order valence-electron chi connectivity index (χ2n) is 6.52. The molecule has 2 bridgehead atoms. The fourth-order valence-corrected chi connectivity index (χ4v) is 4.15. The zero-order valence-electron chi connectivity index (χ0n) is 11.8. The van der Waals surface area contributed by atoms with Gasteiger partial charge in [0.2, 0.25) is 0 Å². The normalized spacial score (nSPS) is 32.1. The smallest absolute Gasteiger partial charge is 0.0629 e. The Morgan fingerprint density at radius 3 is 2.67 bits per heavy atom. The maximum absolute atomic E-state index is 5.95. The SMILES string of the molecule is Cc1nn(C2CC3CCC2C3)c(C)c1CC(C)N. The molecule has 0 aliphatic heterocycles. The van der Waals surface area contributed by atoms with Crippen molar-refractivity contribution in [2.75, 3.05) is 0 Å². The fraction of sp³-hybridized carbons (Fsp3) is 0.800. The van der Waals surface area contributed by atoms with Crippen LogP contribution in [0.2, 0.25) is 0 Å². The van der Waals surface area contributed by atoms with Crippen LogP contribution >= 0.6 is 0 Å². The maximum Gasteiger partial charge on any atom is 0.0629 e. The molecule has 0 amide bonds. The molecule has 2 saturated carbocycles. The van der Waals surface area contributed by atoms with Crippen molar-refractivity contribution >= 4 is 0 Å². The molecule has 0 saturated heterocycles. The number of hydrogen-bond acceptors (Lipinski definition) is 2. The van der Waals surface area contributed by atoms with Crippen LogP contribution in [0, 0.1) is 25.7 Å². The van der Waals surface area contributed by atoms with Gasteiger partial charge in [-0.3, -0.25) is 4.68 Å². The van der Waals surface area contributed by atoms with Crippen molar-refractivity contribution in [1.29, 1.82) is 0 Å². The molecular formula is C15H25N3. The molecule has 2 aliphatic carbocycles. The number of nitrogens with two attached hydrogens (primary N) is 1. The monoisotopic (exact) mass is 247 g/mol. The number of rotatable bonds is 3. The molecule has 18 heavy (non-hydrogen) atoms. The molecule has 4 unspecified atom stereocenters. The first-order valence-electron chi connectivity index (χ1n) is 7.36. The summed E-state index contributed by atoms with van der Waals surface area (Å²) in [5, 5.41) is 4.83. The van der Waals surface area contributed by atoms with Gasteiger partial charge in [0, 0.05) is 11.7 Å². The van der Waals surface area contributed by atoms with E-state index in [9.17, 15) is 0 Å². The van der Waals surface area contributed by atoms with Gasteiger partial charge in [0.15, 0.2) is 0 Å². The van der Waals surface area contributed by atoms with E-state index in [1.54, 1.807) is 0 Å². The van der Waals surface area contributed by atoms with Crippen molar-refractivity contribution in [2.24, 2.45) is 17.6 Å². The molecule has 3 rings (SSSR count). The van der Waals surface area contributed by atoms with Crippen molar-refractivity contribution in [3.8, 4) is 0 Å². The largest absolute Gasteiger partial charge is 0.328 e. The third-order valence-electron chi connectivity index (χ3n) is 5.02. The molecule has 0 radical (unpaired) electrons. The summed E-state index contributed by atoms with van der Waals surface area (Å²) in [5.41, 5.74) is 9.88. The molecule has 2 N–H and O–H groups in total. The summed E-state index contributed by atoms with van der Waals surface area (Å²) in [6.45, 7) is 6.44. The van der Waals surface area contributed by atoms with Crippen LogP contribution in [-0.4, -0.2) is 15.8 Å². The Kier molecular flexibility index (Phi) is 2.97. The van der Waals surface area contributed by atoms with Crippen molar-refractivity contribution in [1.82, 2.24) is 9.78 Å². The van der Waals surface area contributed by atoms with E-state index in [1.165, 1.54) is 42.6 Å². The van der Waals surface area contributed by atoms with Crippen LogP contribution in [0.3, 0.4) is 0 Å². The van der Waals surface area contributed by atoms with Gasteiger partial charge in [0.1, 0.15) is 0 Å². The summed E-state index contributed by atoms with van der Waals surface area (Å²) in [7, 11) is 0. The van der Waals surface area contributed by atoms with Gasteiger partial charge in [0.25, 0.3) is 0 Å². The van der Waals surface area contributed by atoms with Gasteiger partial charge < -0.3 is 5.73 Å². The van der Waals surface area contributed by atoms with Crippen LogP contribution in [0.1, 0.15) is 55.6 Å². The molecule has 0 spiro atoms. The Hall–Kier alpha value is -0.830. The summed E-state index contributed by atoms with van der Waals surface area (Å²) in [4.78, 5) is 0. The van der Waals surface area contributed by atoms with E-state index in [2.05, 4.69) is 25.5 Å². The number of aromatic nitrogens is 2. The molecule has 1 heterocycles. The average molecular weight is 247 g/mol. The van der Waals surface area contributed by atoms with Crippen LogP contribution in [0.4, 0.5) is 0 Å². The van der Waals surface area contributed by atoms with Crippen LogP contribution < -0.4 is 5.73 Å². The molecule has 3 heteroatoms. The quantitative estimate of drug-likeness (QED) is 0.892. The van der Waals surface area contributed by atoms with E-state index >= 15 is 0 Å². The zero-order valence-corrected chi connectivity index (χ0v) is 11.8. The van der Waals surface area contributed by atoms with Gasteiger partial charge in [-0.15, -0.1) is 0 Å². The third kappa shape index (κ3) is 1.89. The second kappa shape index (κ2) is 4.37. The van der Waals surface area contributed by atoms with Crippen molar-refractivity contribution in [3.63, 3.8) is 0 Å². The third-order valence-corrected chi connectivity index (χ3v) is 5.02. The minimum atomic E-state index is 0.222. The molecule has 100 valence electrons. The minimum absolute atomic E-state index is 0.222. The minimum Gasteiger partial charge on any atom is -0.328 e. The van der Waals surface area contributed by atoms with Gasteiger partial charge in [-0.2, -0.15) is 5.10 Å². The Balaban J connectivity index is 1.89. The van der Waals surface area contributed by atoms with Gasteiger partial charge in [-0.05, 0) is 63.9 Å². The highest BCUT2D eigenvalue weighted by Gasteiger charge is 2.41. The highest BCUT2D eigenvalue weighted by atomic mass is 15.3. The average Bonchev–Trinajstić information content (AvgIpc) is 2.98. The fourth-order valence-electron chi connectivity index (χ4n) is 4.15. The van der Waals surface area contributed by atoms with E-state index in [0.717, 1.165) is 18.3 Å². The molecular weight excluding hydrogens is 222 g/mol. The topological polar surface area (TPSA) is 43.8 Å². The molecule has 1 aromatic rings. The molecule has 3 nitrogen and oxygen atoms in total. The van der Waals surface area contributed by atoms with Crippen molar-refractivity contribution < 1.29 is 0 Å². The first-order chi connectivity index (χ1) is 8.56. The number of fused-ring (bicyclic) bond motifs is 2. The van der Waals surface area contributed by atoms with Gasteiger partial charge in [0.05, 0.1) is 11.7 Å². The lowest BCUT2D eigenvalue weighted by atomic mass is 9.95. The van der Waals surface area contributed by atoms with Crippen molar-refractivity contribution in [2.45, 2.75) is 65.0 Å². The predicted octanol–water partition coefficient (Wildman–Crippen LogP) is 2.75. The van der Waals surface area contributed by atoms with E-state index < -0.39 is 0 Å². The Morgan fingerprint density at radius 2 is 2.11 bits per heavy atom. The van der Waals surface area contributed by atoms with Gasteiger partial charge in [-0.1, -0.05) is 6.42 Å². The molecule has 2 aliphatic rings. The first kappa shape index (κ1) is 12.2. The lowest BCUT2D eigenvalue weighted by molar-refractivity contribution is 0.301. The summed E-state index contributed by atoms with van der Waals surface area (Å²) in [6.07, 6.45) is 6.61. The highest BCUT2D eigenvalue weighted by molar-refractivity contribution is 5.26. The van der Waals surface area contributed by atoms with Crippen molar-refractivity contribution in [3.05, 3.63) is 17.0 Å². The first-order valence-corrected chi connectivity index (χ1v) is 7.36. The van der Waals surface area contributed by atoms with Crippen LogP contribution in [0.5, 0.6) is 0 Å². The summed E-state index contributed by atoms with van der Waals surface area (Å²) < 4.78 is 2.33. The lowest BCUT2D eigenvalue weighted by Crippen LogP contribution is -2.20. The zero-order chi connectivity index (χ0) is 12.9. The summed E-state index contributed by atoms with van der Waals surface area (Å²) in [6, 6.07) is 0.893. The van der Waals surface area contributed by atoms with E-state index in [-0.39, 0.29) is 6.04 Å². The summed E-state index contributed by atoms with van der Waals surface area (Å²) >= 11 is 0. The highest BCUT2D eigenvalue weighted by Crippen LogP contribution is 2.50. The molecule has 4 atom stereocenters.